The Balaban J connectivity index is 1.96. The first-order valence-electron chi connectivity index (χ1n) is 7.37. The van der Waals surface area contributed by atoms with Gasteiger partial charge in [-0.05, 0) is 13.8 Å². The highest BCUT2D eigenvalue weighted by Crippen LogP contribution is 2.20. The molecule has 1 N–H and O–H groups in total. The Labute approximate surface area is 128 Å². The second kappa shape index (κ2) is 5.66. The molecule has 2 aromatic rings. The Morgan fingerprint density at radius 1 is 1.41 bits per heavy atom. The highest BCUT2D eigenvalue weighted by Gasteiger charge is 2.25. The number of aliphatic hydroxyl groups is 1. The van der Waals surface area contributed by atoms with Crippen LogP contribution in [0.2, 0.25) is 0 Å². The lowest BCUT2D eigenvalue weighted by molar-refractivity contribution is -0.133. The van der Waals surface area contributed by atoms with Crippen molar-refractivity contribution in [3.8, 4) is 0 Å². The third-order valence-electron chi connectivity index (χ3n) is 3.75. The number of fused-ring (bicyclic) bond motifs is 1. The van der Waals surface area contributed by atoms with Gasteiger partial charge >= 0.3 is 0 Å². The lowest BCUT2D eigenvalue weighted by atomic mass is 9.99. The predicted octanol–water partition coefficient (Wildman–Crippen LogP) is 0.448. The van der Waals surface area contributed by atoms with E-state index in [2.05, 4.69) is 15.0 Å². The lowest BCUT2D eigenvalue weighted by Gasteiger charge is -2.29. The van der Waals surface area contributed by atoms with Crippen LogP contribution in [0.4, 0.5) is 5.82 Å². The zero-order chi connectivity index (χ0) is 15.7. The van der Waals surface area contributed by atoms with E-state index in [1.807, 2.05) is 12.1 Å². The first-order chi connectivity index (χ1) is 10.4. The van der Waals surface area contributed by atoms with Crippen molar-refractivity contribution in [1.29, 1.82) is 0 Å². The molecule has 1 saturated heterocycles. The summed E-state index contributed by atoms with van der Waals surface area (Å²) in [6.45, 7) is 5.88. The number of ether oxygens (including phenoxy) is 1. The van der Waals surface area contributed by atoms with Gasteiger partial charge in [0.1, 0.15) is 11.4 Å². The van der Waals surface area contributed by atoms with Crippen LogP contribution in [0, 0.1) is 0 Å². The van der Waals surface area contributed by atoms with Crippen LogP contribution in [0.1, 0.15) is 19.5 Å². The zero-order valence-corrected chi connectivity index (χ0v) is 12.8. The topological polar surface area (TPSA) is 80.0 Å². The maximum atomic E-state index is 12.0. The minimum absolute atomic E-state index is 0.0997. The summed E-state index contributed by atoms with van der Waals surface area (Å²) >= 11 is 0. The quantitative estimate of drug-likeness (QED) is 0.883. The molecule has 0 amide bonds. The van der Waals surface area contributed by atoms with Crippen LogP contribution in [-0.2, 0) is 16.0 Å². The number of nitrogens with zero attached hydrogens (tertiary/aromatic N) is 4. The molecule has 1 aliphatic rings. The molecule has 0 radical (unpaired) electrons. The Morgan fingerprint density at radius 3 is 2.82 bits per heavy atom. The Hall–Kier alpha value is -1.99. The highest BCUT2D eigenvalue weighted by molar-refractivity contribution is 5.88. The number of ketones is 1. The Morgan fingerprint density at radius 2 is 2.14 bits per heavy atom. The van der Waals surface area contributed by atoms with E-state index in [0.717, 1.165) is 18.9 Å². The number of Topliss-reactive ketones (excluding diaryl/α,β-unsaturated/α-hetero) is 1. The van der Waals surface area contributed by atoms with Crippen molar-refractivity contribution in [2.24, 2.45) is 0 Å². The van der Waals surface area contributed by atoms with Crippen LogP contribution < -0.4 is 4.90 Å². The van der Waals surface area contributed by atoms with E-state index < -0.39 is 5.60 Å². The van der Waals surface area contributed by atoms with Crippen LogP contribution in [0.25, 0.3) is 5.65 Å². The van der Waals surface area contributed by atoms with Gasteiger partial charge in [-0.1, -0.05) is 0 Å². The van der Waals surface area contributed by atoms with Gasteiger partial charge in [-0.15, -0.1) is 0 Å². The number of hydrogen-bond acceptors (Lipinski definition) is 6. The number of carbonyl (C=O) groups excluding carboxylic acids is 1. The summed E-state index contributed by atoms with van der Waals surface area (Å²) in [6, 6.07) is 3.68. The largest absolute Gasteiger partial charge is 0.383 e. The van der Waals surface area contributed by atoms with E-state index in [-0.39, 0.29) is 12.2 Å². The fourth-order valence-corrected chi connectivity index (χ4v) is 2.44. The van der Waals surface area contributed by atoms with Crippen molar-refractivity contribution in [3.05, 3.63) is 24.0 Å². The normalized spacial score (nSPS) is 16.2. The molecule has 3 rings (SSSR count). The monoisotopic (exact) mass is 304 g/mol. The molecule has 0 aromatic carbocycles. The summed E-state index contributed by atoms with van der Waals surface area (Å²) in [6.07, 6.45) is 1.79. The summed E-state index contributed by atoms with van der Waals surface area (Å²) < 4.78 is 7.15. The molecule has 1 fully saturated rings. The van der Waals surface area contributed by atoms with E-state index in [9.17, 15) is 9.90 Å². The number of rotatable bonds is 4. The van der Waals surface area contributed by atoms with Crippen LogP contribution in [0.3, 0.4) is 0 Å². The third-order valence-corrected chi connectivity index (χ3v) is 3.75. The lowest BCUT2D eigenvalue weighted by Crippen LogP contribution is -2.38. The maximum Gasteiger partial charge on any atom is 0.169 e. The molecule has 22 heavy (non-hydrogen) atoms. The summed E-state index contributed by atoms with van der Waals surface area (Å²) in [5.41, 5.74) is -0.0168. The van der Waals surface area contributed by atoms with Crippen molar-refractivity contribution < 1.29 is 14.6 Å². The molecule has 7 heteroatoms. The number of aromatic nitrogens is 3. The molecule has 0 unspecified atom stereocenters. The van der Waals surface area contributed by atoms with Crippen LogP contribution >= 0.6 is 0 Å². The Bertz CT molecular complexity index is 684. The van der Waals surface area contributed by atoms with Gasteiger partial charge in [0, 0.05) is 25.2 Å². The first kappa shape index (κ1) is 14.9. The predicted molar refractivity (Wildman–Crippen MR) is 81.0 cm³/mol. The van der Waals surface area contributed by atoms with Crippen LogP contribution in [0.15, 0.2) is 18.3 Å². The molecule has 0 atom stereocenters. The van der Waals surface area contributed by atoms with Gasteiger partial charge < -0.3 is 14.7 Å². The smallest absolute Gasteiger partial charge is 0.169 e. The minimum Gasteiger partial charge on any atom is -0.383 e. The molecule has 0 bridgehead atoms. The van der Waals surface area contributed by atoms with E-state index in [4.69, 9.17) is 4.74 Å². The zero-order valence-electron chi connectivity index (χ0n) is 12.8. The fraction of sp³-hybridized carbons (Fsp3) is 0.533. The minimum atomic E-state index is -1.35. The Kier molecular flexibility index (Phi) is 3.84. The number of morpholine rings is 1. The molecule has 1 aliphatic heterocycles. The summed E-state index contributed by atoms with van der Waals surface area (Å²) in [5.74, 6) is 0.647. The van der Waals surface area contributed by atoms with E-state index >= 15 is 0 Å². The summed E-state index contributed by atoms with van der Waals surface area (Å²) in [4.78, 5) is 18.7. The first-order valence-corrected chi connectivity index (χ1v) is 7.37. The van der Waals surface area contributed by atoms with Crippen molar-refractivity contribution in [2.75, 3.05) is 31.2 Å². The van der Waals surface area contributed by atoms with E-state index in [1.165, 1.54) is 13.8 Å². The average molecular weight is 304 g/mol. The second-order valence-corrected chi connectivity index (χ2v) is 5.97. The fourth-order valence-electron chi connectivity index (χ4n) is 2.44. The molecule has 7 nitrogen and oxygen atoms in total. The maximum absolute atomic E-state index is 12.0. The molecule has 118 valence electrons. The van der Waals surface area contributed by atoms with Crippen molar-refractivity contribution in [1.82, 2.24) is 14.6 Å². The molecule has 0 saturated carbocycles. The third kappa shape index (κ3) is 2.95. The standard InChI is InChI=1S/C15H20N4O3/c1-15(2,21)12(20)9-11-10-14(18-5-7-22-8-6-18)19-13(17-11)3-4-16-19/h3-4,10,21H,5-9H2,1-2H3. The van der Waals surface area contributed by atoms with Gasteiger partial charge in [-0.25, -0.2) is 4.98 Å². The van der Waals surface area contributed by atoms with E-state index in [1.54, 1.807) is 10.7 Å². The number of anilines is 1. The number of carbonyl (C=O) groups is 1. The van der Waals surface area contributed by atoms with Crippen LogP contribution in [0.5, 0.6) is 0 Å². The van der Waals surface area contributed by atoms with E-state index in [0.29, 0.717) is 24.6 Å². The molecule has 3 heterocycles. The molecular formula is C15H20N4O3. The van der Waals surface area contributed by atoms with Gasteiger partial charge in [0.2, 0.25) is 0 Å². The van der Waals surface area contributed by atoms with Crippen molar-refractivity contribution in [3.63, 3.8) is 0 Å². The molecule has 2 aromatic heterocycles. The van der Waals surface area contributed by atoms with Gasteiger partial charge in [0.25, 0.3) is 0 Å². The van der Waals surface area contributed by atoms with Gasteiger partial charge in [0.05, 0.1) is 31.5 Å². The van der Waals surface area contributed by atoms with Crippen LogP contribution in [-0.4, -0.2) is 57.4 Å². The number of hydrogen-bond donors (Lipinski definition) is 1. The summed E-state index contributed by atoms with van der Waals surface area (Å²) in [5, 5.41) is 14.1. The van der Waals surface area contributed by atoms with Crippen molar-refractivity contribution >= 4 is 17.2 Å². The SMILES string of the molecule is CC(C)(O)C(=O)Cc1cc(N2CCOCC2)n2nccc2n1. The average Bonchev–Trinajstić information content (AvgIpc) is 2.94. The highest BCUT2D eigenvalue weighted by atomic mass is 16.5. The van der Waals surface area contributed by atoms with Gasteiger partial charge in [-0.3, -0.25) is 4.79 Å². The van der Waals surface area contributed by atoms with Gasteiger partial charge in [-0.2, -0.15) is 9.61 Å². The summed E-state index contributed by atoms with van der Waals surface area (Å²) in [7, 11) is 0. The molecule has 0 aliphatic carbocycles. The van der Waals surface area contributed by atoms with Gasteiger partial charge in [0.15, 0.2) is 11.4 Å². The second-order valence-electron chi connectivity index (χ2n) is 5.97. The molecule has 0 spiro atoms. The van der Waals surface area contributed by atoms with Crippen molar-refractivity contribution in [2.45, 2.75) is 25.9 Å². The molecular weight excluding hydrogens is 284 g/mol.